The van der Waals surface area contributed by atoms with E-state index in [1.54, 1.807) is 12.1 Å². The molecule has 0 bridgehead atoms. The SMILES string of the molecule is CCOc1cc(/C=N/NC(=O)Cc2ccc(Br)c3ccccc23)ccc1O. The van der Waals surface area contributed by atoms with E-state index < -0.39 is 0 Å². The second-order valence-electron chi connectivity index (χ2n) is 5.88. The van der Waals surface area contributed by atoms with Crippen LogP contribution in [-0.4, -0.2) is 23.8 Å². The lowest BCUT2D eigenvalue weighted by Crippen LogP contribution is -2.19. The summed E-state index contributed by atoms with van der Waals surface area (Å²) < 4.78 is 6.33. The Morgan fingerprint density at radius 3 is 2.74 bits per heavy atom. The largest absolute Gasteiger partial charge is 0.504 e. The Hall–Kier alpha value is -2.86. The van der Waals surface area contributed by atoms with E-state index in [4.69, 9.17) is 4.74 Å². The fraction of sp³-hybridized carbons (Fsp3) is 0.143. The topological polar surface area (TPSA) is 70.9 Å². The number of fused-ring (bicyclic) bond motifs is 1. The molecule has 0 heterocycles. The van der Waals surface area contributed by atoms with Gasteiger partial charge in [0.15, 0.2) is 11.5 Å². The van der Waals surface area contributed by atoms with Gasteiger partial charge in [0.25, 0.3) is 0 Å². The van der Waals surface area contributed by atoms with Gasteiger partial charge in [-0.05, 0) is 53.1 Å². The third-order valence-corrected chi connectivity index (χ3v) is 4.69. The Kier molecular flexibility index (Phi) is 6.08. The highest BCUT2D eigenvalue weighted by Gasteiger charge is 2.08. The Labute approximate surface area is 165 Å². The zero-order valence-electron chi connectivity index (χ0n) is 14.8. The number of carbonyl (C=O) groups excluding carboxylic acids is 1. The first-order valence-electron chi connectivity index (χ1n) is 8.52. The molecule has 0 fully saturated rings. The van der Waals surface area contributed by atoms with Crippen LogP contribution in [0.4, 0.5) is 0 Å². The van der Waals surface area contributed by atoms with E-state index in [0.717, 1.165) is 20.8 Å². The van der Waals surface area contributed by atoms with Gasteiger partial charge in [-0.2, -0.15) is 5.10 Å². The smallest absolute Gasteiger partial charge is 0.244 e. The van der Waals surface area contributed by atoms with Gasteiger partial charge >= 0.3 is 0 Å². The predicted molar refractivity (Wildman–Crippen MR) is 110 cm³/mol. The van der Waals surface area contributed by atoms with Crippen molar-refractivity contribution in [2.45, 2.75) is 13.3 Å². The molecule has 27 heavy (non-hydrogen) atoms. The number of benzene rings is 3. The van der Waals surface area contributed by atoms with Crippen molar-refractivity contribution in [3.05, 3.63) is 70.2 Å². The number of hydrogen-bond acceptors (Lipinski definition) is 4. The average molecular weight is 427 g/mol. The number of halogens is 1. The van der Waals surface area contributed by atoms with Crippen molar-refractivity contribution >= 4 is 38.8 Å². The first-order chi connectivity index (χ1) is 13.1. The van der Waals surface area contributed by atoms with Crippen molar-refractivity contribution in [2.75, 3.05) is 6.61 Å². The molecule has 3 aromatic carbocycles. The summed E-state index contributed by atoms with van der Waals surface area (Å²) in [4.78, 5) is 12.3. The number of carbonyl (C=O) groups is 1. The van der Waals surface area contributed by atoms with Crippen LogP contribution in [0.15, 0.2) is 64.2 Å². The fourth-order valence-corrected chi connectivity index (χ4v) is 3.23. The van der Waals surface area contributed by atoms with Crippen molar-refractivity contribution in [1.82, 2.24) is 5.43 Å². The number of aromatic hydroxyl groups is 1. The van der Waals surface area contributed by atoms with E-state index in [1.807, 2.05) is 43.3 Å². The normalized spacial score (nSPS) is 11.0. The van der Waals surface area contributed by atoms with Crippen molar-refractivity contribution in [3.8, 4) is 11.5 Å². The van der Waals surface area contributed by atoms with Crippen LogP contribution in [-0.2, 0) is 11.2 Å². The molecular weight excluding hydrogens is 408 g/mol. The van der Waals surface area contributed by atoms with Crippen LogP contribution in [0.25, 0.3) is 10.8 Å². The molecule has 0 saturated carbocycles. The van der Waals surface area contributed by atoms with E-state index in [2.05, 4.69) is 26.5 Å². The highest BCUT2D eigenvalue weighted by Crippen LogP contribution is 2.27. The van der Waals surface area contributed by atoms with Crippen LogP contribution in [0.1, 0.15) is 18.1 Å². The maximum absolute atomic E-state index is 12.3. The minimum Gasteiger partial charge on any atom is -0.504 e. The first-order valence-corrected chi connectivity index (χ1v) is 9.31. The van der Waals surface area contributed by atoms with Gasteiger partial charge in [0, 0.05) is 4.47 Å². The second kappa shape index (κ2) is 8.68. The zero-order valence-corrected chi connectivity index (χ0v) is 16.4. The molecule has 0 saturated heterocycles. The molecule has 0 aliphatic rings. The van der Waals surface area contributed by atoms with Crippen LogP contribution < -0.4 is 10.2 Å². The molecule has 2 N–H and O–H groups in total. The van der Waals surface area contributed by atoms with Gasteiger partial charge in [-0.3, -0.25) is 4.79 Å². The molecule has 3 aromatic rings. The van der Waals surface area contributed by atoms with E-state index in [9.17, 15) is 9.90 Å². The molecule has 0 aromatic heterocycles. The lowest BCUT2D eigenvalue weighted by Gasteiger charge is -2.08. The molecule has 1 amide bonds. The first kappa shape index (κ1) is 18.9. The Balaban J connectivity index is 1.68. The highest BCUT2D eigenvalue weighted by molar-refractivity contribution is 9.10. The van der Waals surface area contributed by atoms with Gasteiger partial charge in [-0.15, -0.1) is 0 Å². The van der Waals surface area contributed by atoms with Gasteiger partial charge in [-0.1, -0.05) is 46.3 Å². The maximum atomic E-state index is 12.3. The molecule has 138 valence electrons. The molecule has 0 atom stereocenters. The van der Waals surface area contributed by atoms with Gasteiger partial charge in [0.1, 0.15) is 0 Å². The van der Waals surface area contributed by atoms with E-state index in [1.165, 1.54) is 12.3 Å². The quantitative estimate of drug-likeness (QED) is 0.453. The van der Waals surface area contributed by atoms with E-state index in [-0.39, 0.29) is 18.1 Å². The molecule has 0 aliphatic carbocycles. The average Bonchev–Trinajstić information content (AvgIpc) is 2.67. The van der Waals surface area contributed by atoms with Gasteiger partial charge in [0.05, 0.1) is 19.2 Å². The summed E-state index contributed by atoms with van der Waals surface area (Å²) in [6.07, 6.45) is 1.74. The molecule has 0 spiro atoms. The second-order valence-corrected chi connectivity index (χ2v) is 6.74. The maximum Gasteiger partial charge on any atom is 0.244 e. The number of nitrogens with one attached hydrogen (secondary N) is 1. The lowest BCUT2D eigenvalue weighted by molar-refractivity contribution is -0.120. The predicted octanol–water partition coefficient (Wildman–Crippen LogP) is 4.40. The number of nitrogens with zero attached hydrogens (tertiary/aromatic N) is 1. The summed E-state index contributed by atoms with van der Waals surface area (Å²) in [5.41, 5.74) is 4.19. The summed E-state index contributed by atoms with van der Waals surface area (Å²) >= 11 is 3.53. The number of ether oxygens (including phenoxy) is 1. The molecule has 6 heteroatoms. The Morgan fingerprint density at radius 1 is 1.19 bits per heavy atom. The van der Waals surface area contributed by atoms with E-state index >= 15 is 0 Å². The number of phenolic OH excluding ortho intramolecular Hbond substituents is 1. The number of rotatable bonds is 6. The summed E-state index contributed by atoms with van der Waals surface area (Å²) in [5, 5.41) is 15.8. The van der Waals surface area contributed by atoms with Gasteiger partial charge in [0.2, 0.25) is 5.91 Å². The molecule has 0 aliphatic heterocycles. The summed E-state index contributed by atoms with van der Waals surface area (Å²) in [5.74, 6) is 0.247. The summed E-state index contributed by atoms with van der Waals surface area (Å²) in [6.45, 7) is 2.29. The third-order valence-electron chi connectivity index (χ3n) is 4.00. The zero-order chi connectivity index (χ0) is 19.2. The van der Waals surface area contributed by atoms with Crippen LogP contribution >= 0.6 is 15.9 Å². The Bertz CT molecular complexity index is 1000. The number of hydrazone groups is 1. The molecule has 5 nitrogen and oxygen atoms in total. The van der Waals surface area contributed by atoms with Crippen molar-refractivity contribution in [1.29, 1.82) is 0 Å². The van der Waals surface area contributed by atoms with Crippen LogP contribution in [0.2, 0.25) is 0 Å². The number of hydrogen-bond donors (Lipinski definition) is 2. The lowest BCUT2D eigenvalue weighted by atomic mass is 10.0. The van der Waals surface area contributed by atoms with Crippen LogP contribution in [0.3, 0.4) is 0 Å². The third kappa shape index (κ3) is 4.65. The number of amides is 1. The minimum atomic E-state index is -0.206. The molecular formula is C21H19BrN2O3. The molecule has 3 rings (SSSR count). The summed E-state index contributed by atoms with van der Waals surface area (Å²) in [6, 6.07) is 16.7. The van der Waals surface area contributed by atoms with Crippen molar-refractivity contribution in [2.24, 2.45) is 5.10 Å². The van der Waals surface area contributed by atoms with Crippen molar-refractivity contribution in [3.63, 3.8) is 0 Å². The van der Waals surface area contributed by atoms with Crippen molar-refractivity contribution < 1.29 is 14.6 Å². The summed E-state index contributed by atoms with van der Waals surface area (Å²) in [7, 11) is 0. The van der Waals surface area contributed by atoms with Gasteiger partial charge in [-0.25, -0.2) is 5.43 Å². The molecule has 0 radical (unpaired) electrons. The van der Waals surface area contributed by atoms with Gasteiger partial charge < -0.3 is 9.84 Å². The minimum absolute atomic E-state index is 0.0696. The van der Waals surface area contributed by atoms with Crippen LogP contribution in [0, 0.1) is 0 Å². The monoisotopic (exact) mass is 426 g/mol. The number of phenols is 1. The molecule has 0 unspecified atom stereocenters. The highest BCUT2D eigenvalue weighted by atomic mass is 79.9. The Morgan fingerprint density at radius 2 is 1.96 bits per heavy atom. The standard InChI is InChI=1S/C21H19BrN2O3/c1-2-27-20-11-14(7-10-19(20)25)13-23-24-21(26)12-15-8-9-18(22)17-6-4-3-5-16(15)17/h3-11,13,25H,2,12H2,1H3,(H,24,26)/b23-13+. The van der Waals surface area contributed by atoms with Crippen LogP contribution in [0.5, 0.6) is 11.5 Å². The fourth-order valence-electron chi connectivity index (χ4n) is 2.75. The van der Waals surface area contributed by atoms with E-state index in [0.29, 0.717) is 17.9 Å².